The van der Waals surface area contributed by atoms with Crippen molar-refractivity contribution in [3.05, 3.63) is 62.9 Å². The van der Waals surface area contributed by atoms with Crippen LogP contribution in [0.25, 0.3) is 27.3 Å². The standard InChI is InChI=1S/C17H17ClN6/c1-3-15-22-17-16(11(2)10-14(18)21-17)24(15)13-6-4-12(5-7-13)8-9-20-23-19/h4-7,10H,3,8-9H2,1-2H3. The molecular weight excluding hydrogens is 324 g/mol. The van der Waals surface area contributed by atoms with Gasteiger partial charge in [0.15, 0.2) is 5.65 Å². The lowest BCUT2D eigenvalue weighted by molar-refractivity contribution is 0.903. The minimum absolute atomic E-state index is 0.459. The highest BCUT2D eigenvalue weighted by atomic mass is 35.5. The Labute approximate surface area is 144 Å². The molecule has 0 saturated carbocycles. The van der Waals surface area contributed by atoms with E-state index >= 15 is 0 Å². The summed E-state index contributed by atoms with van der Waals surface area (Å²) in [6.07, 6.45) is 1.53. The van der Waals surface area contributed by atoms with Gasteiger partial charge in [-0.05, 0) is 48.2 Å². The first kappa shape index (κ1) is 16.3. The largest absolute Gasteiger partial charge is 0.294 e. The Balaban J connectivity index is 2.06. The highest BCUT2D eigenvalue weighted by Crippen LogP contribution is 2.26. The number of benzene rings is 1. The molecule has 0 fully saturated rings. The second-order valence-electron chi connectivity index (χ2n) is 5.52. The van der Waals surface area contributed by atoms with Gasteiger partial charge in [0.2, 0.25) is 0 Å². The first-order valence-corrected chi connectivity index (χ1v) is 8.16. The second-order valence-corrected chi connectivity index (χ2v) is 5.91. The van der Waals surface area contributed by atoms with E-state index in [1.165, 1.54) is 0 Å². The highest BCUT2D eigenvalue weighted by molar-refractivity contribution is 6.29. The molecule has 6 nitrogen and oxygen atoms in total. The number of fused-ring (bicyclic) bond motifs is 1. The number of nitrogens with zero attached hydrogens (tertiary/aromatic N) is 6. The van der Waals surface area contributed by atoms with Crippen LogP contribution in [0, 0.1) is 6.92 Å². The van der Waals surface area contributed by atoms with Crippen molar-refractivity contribution in [2.24, 2.45) is 5.11 Å². The molecule has 0 aliphatic rings. The van der Waals surface area contributed by atoms with Gasteiger partial charge in [-0.2, -0.15) is 0 Å². The Morgan fingerprint density at radius 1 is 1.25 bits per heavy atom. The maximum absolute atomic E-state index is 8.35. The predicted octanol–water partition coefficient (Wildman–Crippen LogP) is 4.80. The Kier molecular flexibility index (Phi) is 4.69. The first-order valence-electron chi connectivity index (χ1n) is 7.78. The lowest BCUT2D eigenvalue weighted by Gasteiger charge is -2.10. The molecule has 0 aliphatic heterocycles. The Morgan fingerprint density at radius 2 is 2.00 bits per heavy atom. The summed E-state index contributed by atoms with van der Waals surface area (Å²) in [5.41, 5.74) is 13.2. The fraction of sp³-hybridized carbons (Fsp3) is 0.294. The van der Waals surface area contributed by atoms with Gasteiger partial charge in [-0.15, -0.1) is 0 Å². The monoisotopic (exact) mass is 340 g/mol. The third-order valence-electron chi connectivity index (χ3n) is 3.92. The fourth-order valence-corrected chi connectivity index (χ4v) is 3.06. The smallest absolute Gasteiger partial charge is 0.179 e. The summed E-state index contributed by atoms with van der Waals surface area (Å²) in [6, 6.07) is 10.1. The van der Waals surface area contributed by atoms with Crippen LogP contribution >= 0.6 is 11.6 Å². The molecule has 3 aromatic rings. The van der Waals surface area contributed by atoms with E-state index in [4.69, 9.17) is 17.1 Å². The van der Waals surface area contributed by atoms with E-state index in [0.29, 0.717) is 17.3 Å². The van der Waals surface area contributed by atoms with Crippen molar-refractivity contribution in [3.8, 4) is 5.69 Å². The number of azide groups is 1. The summed E-state index contributed by atoms with van der Waals surface area (Å²) in [5.74, 6) is 0.949. The van der Waals surface area contributed by atoms with Gasteiger partial charge in [-0.3, -0.25) is 4.57 Å². The molecule has 0 spiro atoms. The van der Waals surface area contributed by atoms with Crippen LogP contribution in [0.15, 0.2) is 35.4 Å². The topological polar surface area (TPSA) is 79.5 Å². The molecule has 7 heteroatoms. The Morgan fingerprint density at radius 3 is 2.67 bits per heavy atom. The maximum atomic E-state index is 8.35. The normalized spacial score (nSPS) is 10.8. The van der Waals surface area contributed by atoms with Crippen molar-refractivity contribution < 1.29 is 0 Å². The second kappa shape index (κ2) is 6.91. The molecule has 3 rings (SSSR count). The molecule has 122 valence electrons. The minimum Gasteiger partial charge on any atom is -0.294 e. The molecule has 24 heavy (non-hydrogen) atoms. The quantitative estimate of drug-likeness (QED) is 0.289. The molecule has 0 unspecified atom stereocenters. The molecule has 0 saturated heterocycles. The van der Waals surface area contributed by atoms with Crippen molar-refractivity contribution in [1.82, 2.24) is 14.5 Å². The van der Waals surface area contributed by atoms with Crippen molar-refractivity contribution in [1.29, 1.82) is 0 Å². The molecule has 0 aliphatic carbocycles. The van der Waals surface area contributed by atoms with Crippen molar-refractivity contribution in [2.75, 3.05) is 6.54 Å². The van der Waals surface area contributed by atoms with Crippen molar-refractivity contribution >= 4 is 22.8 Å². The number of pyridine rings is 1. The fourth-order valence-electron chi connectivity index (χ4n) is 2.82. The van der Waals surface area contributed by atoms with E-state index in [0.717, 1.165) is 41.0 Å². The van der Waals surface area contributed by atoms with Crippen LogP contribution < -0.4 is 0 Å². The van der Waals surface area contributed by atoms with E-state index in [9.17, 15) is 0 Å². The van der Waals surface area contributed by atoms with Crippen LogP contribution in [0.1, 0.15) is 23.9 Å². The summed E-state index contributed by atoms with van der Waals surface area (Å²) in [7, 11) is 0. The molecule has 0 N–H and O–H groups in total. The molecule has 2 aromatic heterocycles. The number of aromatic nitrogens is 3. The van der Waals surface area contributed by atoms with Crippen LogP contribution in [-0.4, -0.2) is 21.1 Å². The number of aryl methyl sites for hydroxylation is 2. The molecule has 0 atom stereocenters. The number of halogens is 1. The highest BCUT2D eigenvalue weighted by Gasteiger charge is 2.15. The number of imidazole rings is 1. The molecular formula is C17H17ClN6. The van der Waals surface area contributed by atoms with Crippen LogP contribution in [-0.2, 0) is 12.8 Å². The molecule has 0 bridgehead atoms. The zero-order valence-electron chi connectivity index (χ0n) is 13.6. The van der Waals surface area contributed by atoms with E-state index in [1.54, 1.807) is 0 Å². The van der Waals surface area contributed by atoms with Gasteiger partial charge in [-0.25, -0.2) is 9.97 Å². The minimum atomic E-state index is 0.459. The van der Waals surface area contributed by atoms with Crippen LogP contribution in [0.3, 0.4) is 0 Å². The van der Waals surface area contributed by atoms with Gasteiger partial charge in [-0.1, -0.05) is 35.8 Å². The Hall–Kier alpha value is -2.56. The average Bonchev–Trinajstić information content (AvgIpc) is 2.94. The van der Waals surface area contributed by atoms with Gasteiger partial charge in [0.1, 0.15) is 11.0 Å². The predicted molar refractivity (Wildman–Crippen MR) is 95.7 cm³/mol. The molecule has 0 amide bonds. The van der Waals surface area contributed by atoms with Gasteiger partial charge in [0.25, 0.3) is 0 Å². The molecule has 2 heterocycles. The van der Waals surface area contributed by atoms with E-state index in [-0.39, 0.29) is 0 Å². The number of hydrogen-bond acceptors (Lipinski definition) is 3. The van der Waals surface area contributed by atoms with Gasteiger partial charge < -0.3 is 0 Å². The van der Waals surface area contributed by atoms with E-state index in [2.05, 4.69) is 43.6 Å². The molecule has 0 radical (unpaired) electrons. The van der Waals surface area contributed by atoms with Gasteiger partial charge in [0, 0.05) is 23.6 Å². The average molecular weight is 341 g/mol. The zero-order valence-corrected chi connectivity index (χ0v) is 14.3. The van der Waals surface area contributed by atoms with Gasteiger partial charge >= 0.3 is 0 Å². The Bertz CT molecular complexity index is 922. The summed E-state index contributed by atoms with van der Waals surface area (Å²) in [4.78, 5) is 11.7. The summed E-state index contributed by atoms with van der Waals surface area (Å²) in [5, 5.41) is 4.03. The van der Waals surface area contributed by atoms with Crippen molar-refractivity contribution in [3.63, 3.8) is 0 Å². The van der Waals surface area contributed by atoms with Crippen molar-refractivity contribution in [2.45, 2.75) is 26.7 Å². The van der Waals surface area contributed by atoms with Gasteiger partial charge in [0.05, 0.1) is 5.52 Å². The van der Waals surface area contributed by atoms with E-state index in [1.807, 2.05) is 25.1 Å². The molecule has 1 aromatic carbocycles. The lowest BCUT2D eigenvalue weighted by atomic mass is 10.1. The number of rotatable bonds is 5. The summed E-state index contributed by atoms with van der Waals surface area (Å²) >= 11 is 6.06. The van der Waals surface area contributed by atoms with E-state index < -0.39 is 0 Å². The maximum Gasteiger partial charge on any atom is 0.179 e. The third-order valence-corrected chi connectivity index (χ3v) is 4.12. The SMILES string of the molecule is CCc1nc2nc(Cl)cc(C)c2n1-c1ccc(CCN=[N+]=[N-])cc1. The third kappa shape index (κ3) is 3.07. The van der Waals surface area contributed by atoms with Crippen LogP contribution in [0.2, 0.25) is 5.15 Å². The zero-order chi connectivity index (χ0) is 17.1. The lowest BCUT2D eigenvalue weighted by Crippen LogP contribution is -2.01. The van der Waals surface area contributed by atoms with Crippen LogP contribution in [0.5, 0.6) is 0 Å². The summed E-state index contributed by atoms with van der Waals surface area (Å²) in [6.45, 7) is 4.55. The number of hydrogen-bond donors (Lipinski definition) is 0. The summed E-state index contributed by atoms with van der Waals surface area (Å²) < 4.78 is 2.13. The van der Waals surface area contributed by atoms with Crippen LogP contribution in [0.4, 0.5) is 0 Å². The first-order chi connectivity index (χ1) is 11.6.